The quantitative estimate of drug-likeness (QED) is 0.0760. The Morgan fingerprint density at radius 1 is 0.757 bits per heavy atom. The molecule has 5 aromatic rings. The van der Waals surface area contributed by atoms with E-state index in [-0.39, 0.29) is 0 Å². The summed E-state index contributed by atoms with van der Waals surface area (Å²) in [6, 6.07) is 22.4. The van der Waals surface area contributed by atoms with E-state index in [9.17, 15) is 0 Å². The van der Waals surface area contributed by atoms with Gasteiger partial charge in [0.05, 0.1) is 36.2 Å². The first-order chi connectivity index (χ1) is 17.9. The lowest BCUT2D eigenvalue weighted by molar-refractivity contribution is 0.752. The Balaban J connectivity index is 0.000000181. The molecule has 3 aromatic carbocycles. The lowest BCUT2D eigenvalue weighted by Gasteiger charge is -2.12. The molecule has 2 aromatic heterocycles. The van der Waals surface area contributed by atoms with Crippen LogP contribution in [0, 0.1) is 3.57 Å². The third-order valence-corrected chi connectivity index (χ3v) is 4.79. The molecule has 0 atom stereocenters. The number of nitrogens with zero attached hydrogens (tertiary/aromatic N) is 6. The van der Waals surface area contributed by atoms with Crippen LogP contribution < -0.4 is 33.8 Å². The van der Waals surface area contributed by atoms with Gasteiger partial charge in [0, 0.05) is 33.0 Å². The molecule has 0 spiro atoms. The van der Waals surface area contributed by atoms with Crippen LogP contribution in [0.25, 0.3) is 5.69 Å². The van der Waals surface area contributed by atoms with Crippen LogP contribution in [0.4, 0.5) is 22.7 Å². The van der Waals surface area contributed by atoms with Gasteiger partial charge in [-0.2, -0.15) is 30.4 Å². The van der Waals surface area contributed by atoms with E-state index in [1.807, 2.05) is 60.7 Å². The van der Waals surface area contributed by atoms with Gasteiger partial charge < -0.3 is 22.9 Å². The molecule has 2 heterocycles. The zero-order valence-corrected chi connectivity index (χ0v) is 22.0. The molecule has 0 saturated heterocycles. The van der Waals surface area contributed by atoms with Gasteiger partial charge in [-0.3, -0.25) is 5.01 Å². The first-order valence-electron chi connectivity index (χ1n) is 10.7. The Morgan fingerprint density at radius 2 is 1.32 bits per heavy atom. The molecule has 11 N–H and O–H groups in total. The highest BCUT2D eigenvalue weighted by Crippen LogP contribution is 2.14. The smallest absolute Gasteiger partial charge is 0.0877 e. The number of nitrogens with one attached hydrogen (secondary N) is 1. The van der Waals surface area contributed by atoms with E-state index >= 15 is 0 Å². The number of anilines is 4. The van der Waals surface area contributed by atoms with Crippen LogP contribution in [0.5, 0.6) is 0 Å². The number of hydrogen-bond donors (Lipinski definition) is 6. The number of benzene rings is 3. The molecule has 0 unspecified atom stereocenters. The van der Waals surface area contributed by atoms with Crippen LogP contribution in [0.15, 0.2) is 110 Å². The standard InChI is InChI=1S/C8H8N4.C8H12N4.C6H6IN.C2H3N3/c9-7-2-1-3-8(6-7)12-10-4-5-11-12;9-4-5-12(11)8-3-1-2-7(10)6-8;7-5-2-1-3-6(8)4-5;1-2-4-5-3-1/h1-6H,9H2;1-6H,9-11H2;1-4H,8H2;1-2H,(H,3,4,5)/b;5-4-;;. The molecule has 192 valence electrons. The lowest BCUT2D eigenvalue weighted by atomic mass is 10.3. The van der Waals surface area contributed by atoms with Gasteiger partial charge in [0.1, 0.15) is 0 Å². The number of nitrogen functional groups attached to an aromatic ring is 3. The second kappa shape index (κ2) is 16.1. The molecule has 37 heavy (non-hydrogen) atoms. The summed E-state index contributed by atoms with van der Waals surface area (Å²) in [6.45, 7) is 0. The molecular weight excluding hydrogens is 583 g/mol. The minimum absolute atomic E-state index is 0.674. The van der Waals surface area contributed by atoms with Crippen LogP contribution in [0.2, 0.25) is 0 Å². The van der Waals surface area contributed by atoms with Gasteiger partial charge in [0.25, 0.3) is 0 Å². The van der Waals surface area contributed by atoms with E-state index in [2.05, 4.69) is 48.2 Å². The van der Waals surface area contributed by atoms with Crippen molar-refractivity contribution in [1.82, 2.24) is 30.4 Å². The third-order valence-electron chi connectivity index (χ3n) is 4.11. The monoisotopic (exact) mass is 612 g/mol. The fourth-order valence-electron chi connectivity index (χ4n) is 2.54. The summed E-state index contributed by atoms with van der Waals surface area (Å²) in [5.74, 6) is 5.59. The molecule has 0 amide bonds. The van der Waals surface area contributed by atoms with E-state index in [1.165, 1.54) is 19.6 Å². The second-order valence-corrected chi connectivity index (χ2v) is 8.21. The largest absolute Gasteiger partial charge is 0.403 e. The van der Waals surface area contributed by atoms with Crippen molar-refractivity contribution in [2.24, 2.45) is 11.6 Å². The first-order valence-corrected chi connectivity index (χ1v) is 11.8. The van der Waals surface area contributed by atoms with E-state index < -0.39 is 0 Å². The fraction of sp³-hybridized carbons (Fsp3) is 0. The summed E-state index contributed by atoms with van der Waals surface area (Å²) in [4.78, 5) is 1.52. The highest BCUT2D eigenvalue weighted by Gasteiger charge is 1.96. The summed E-state index contributed by atoms with van der Waals surface area (Å²) in [5, 5.41) is 18.7. The molecule has 0 aliphatic carbocycles. The molecule has 0 saturated carbocycles. The Labute approximate surface area is 228 Å². The van der Waals surface area contributed by atoms with Gasteiger partial charge in [0.15, 0.2) is 0 Å². The molecule has 0 radical (unpaired) electrons. The maximum atomic E-state index is 5.60. The fourth-order valence-corrected chi connectivity index (χ4v) is 3.10. The number of rotatable bonds is 3. The summed E-state index contributed by atoms with van der Waals surface area (Å²) < 4.78 is 1.18. The van der Waals surface area contributed by atoms with E-state index in [0.29, 0.717) is 11.4 Å². The van der Waals surface area contributed by atoms with Crippen molar-refractivity contribution in [1.29, 1.82) is 0 Å². The Kier molecular flexibility index (Phi) is 12.5. The predicted octanol–water partition coefficient (Wildman–Crippen LogP) is 2.91. The number of hydrazine groups is 1. The van der Waals surface area contributed by atoms with Crippen LogP contribution in [0.1, 0.15) is 0 Å². The van der Waals surface area contributed by atoms with E-state index in [0.717, 1.165) is 17.1 Å². The minimum atomic E-state index is 0.674. The van der Waals surface area contributed by atoms with Gasteiger partial charge in [-0.05, 0) is 77.2 Å². The van der Waals surface area contributed by atoms with Crippen molar-refractivity contribution in [3.05, 3.63) is 114 Å². The highest BCUT2D eigenvalue weighted by atomic mass is 127. The van der Waals surface area contributed by atoms with Crippen LogP contribution in [-0.2, 0) is 0 Å². The number of H-pyrrole nitrogens is 1. The number of aromatic nitrogens is 6. The van der Waals surface area contributed by atoms with Crippen molar-refractivity contribution < 1.29 is 0 Å². The zero-order chi connectivity index (χ0) is 26.9. The maximum absolute atomic E-state index is 5.60. The Hall–Kier alpha value is -4.63. The van der Waals surface area contributed by atoms with Gasteiger partial charge in [0.2, 0.25) is 0 Å². The van der Waals surface area contributed by atoms with Crippen molar-refractivity contribution >= 4 is 45.3 Å². The van der Waals surface area contributed by atoms with Gasteiger partial charge >= 0.3 is 0 Å². The van der Waals surface area contributed by atoms with Gasteiger partial charge in [-0.25, -0.2) is 5.84 Å². The number of nitrogens with two attached hydrogens (primary N) is 5. The normalized spacial score (nSPS) is 9.68. The predicted molar refractivity (Wildman–Crippen MR) is 157 cm³/mol. The van der Waals surface area contributed by atoms with Crippen molar-refractivity contribution in [2.75, 3.05) is 22.2 Å². The highest BCUT2D eigenvalue weighted by molar-refractivity contribution is 14.1. The van der Waals surface area contributed by atoms with Gasteiger partial charge in [-0.1, -0.05) is 18.2 Å². The molecular formula is C24H29IN12. The van der Waals surface area contributed by atoms with Crippen molar-refractivity contribution in [3.63, 3.8) is 0 Å². The van der Waals surface area contributed by atoms with E-state index in [4.69, 9.17) is 28.8 Å². The molecule has 0 aliphatic rings. The van der Waals surface area contributed by atoms with Crippen LogP contribution in [0.3, 0.4) is 0 Å². The molecule has 13 heteroatoms. The SMILES string of the molecule is N/C=C\N(N)c1cccc(N)c1.Nc1cccc(-n2nccn2)c1.Nc1cccc(I)c1.c1cn[nH]n1. The summed E-state index contributed by atoms with van der Waals surface area (Å²) >= 11 is 2.23. The average Bonchev–Trinajstić information content (AvgIpc) is 3.62. The molecule has 12 nitrogen and oxygen atoms in total. The van der Waals surface area contributed by atoms with E-state index in [1.54, 1.807) is 43.1 Å². The zero-order valence-electron chi connectivity index (χ0n) is 19.8. The van der Waals surface area contributed by atoms with Crippen LogP contribution >= 0.6 is 22.6 Å². The maximum Gasteiger partial charge on any atom is 0.0877 e. The molecule has 5 rings (SSSR count). The second-order valence-electron chi connectivity index (χ2n) is 6.97. The molecule has 0 fully saturated rings. The van der Waals surface area contributed by atoms with Gasteiger partial charge in [-0.15, -0.1) is 0 Å². The Bertz CT molecular complexity index is 1270. The number of aromatic amines is 1. The minimum Gasteiger partial charge on any atom is -0.403 e. The molecule has 0 bridgehead atoms. The first kappa shape index (κ1) is 28.6. The van der Waals surface area contributed by atoms with Crippen molar-refractivity contribution in [3.8, 4) is 5.69 Å². The Morgan fingerprint density at radius 3 is 1.78 bits per heavy atom. The lowest BCUT2D eigenvalue weighted by Crippen LogP contribution is -2.24. The number of hydrogen-bond acceptors (Lipinski definition) is 10. The molecule has 0 aliphatic heterocycles. The van der Waals surface area contributed by atoms with Crippen molar-refractivity contribution in [2.45, 2.75) is 0 Å². The summed E-state index contributed by atoms with van der Waals surface area (Å²) in [6.07, 6.45) is 9.34. The topological polar surface area (TPSA) is 206 Å². The third kappa shape index (κ3) is 11.6. The van der Waals surface area contributed by atoms with Crippen LogP contribution in [-0.4, -0.2) is 30.4 Å². The summed E-state index contributed by atoms with van der Waals surface area (Å²) in [7, 11) is 0. The number of halogens is 1. The summed E-state index contributed by atoms with van der Waals surface area (Å²) in [5.41, 5.74) is 25.7. The average molecular weight is 612 g/mol.